The highest BCUT2D eigenvalue weighted by Crippen LogP contribution is 2.27. The number of nitriles is 1. The monoisotopic (exact) mass is 394 g/mol. The Morgan fingerprint density at radius 3 is 2.60 bits per heavy atom. The number of nitrogens with zero attached hydrogens (tertiary/aromatic N) is 1. The lowest BCUT2D eigenvalue weighted by molar-refractivity contribution is 0.0696. The summed E-state index contributed by atoms with van der Waals surface area (Å²) in [4.78, 5) is 11.1. The highest BCUT2D eigenvalue weighted by molar-refractivity contribution is 9.10. The second-order valence-corrected chi connectivity index (χ2v) is 5.70. The Balaban J connectivity index is 2.38. The highest BCUT2D eigenvalue weighted by atomic mass is 79.9. The first-order valence-electron chi connectivity index (χ1n) is 5.51. The first-order valence-corrected chi connectivity index (χ1v) is 7.09. The second-order valence-electron chi connectivity index (χ2n) is 3.93. The molecule has 20 heavy (non-hydrogen) atoms. The molecule has 100 valence electrons. The molecule has 2 rings (SSSR count). The third kappa shape index (κ3) is 3.18. The van der Waals surface area contributed by atoms with Crippen molar-refractivity contribution in [2.75, 3.05) is 5.32 Å². The summed E-state index contributed by atoms with van der Waals surface area (Å²) in [6.07, 6.45) is 0. The van der Waals surface area contributed by atoms with Crippen LogP contribution >= 0.6 is 31.9 Å². The Hall–Kier alpha value is -1.84. The average Bonchev–Trinajstić information content (AvgIpc) is 2.42. The van der Waals surface area contributed by atoms with Crippen LogP contribution in [0.4, 0.5) is 11.4 Å². The third-order valence-electron chi connectivity index (χ3n) is 2.58. The van der Waals surface area contributed by atoms with E-state index >= 15 is 0 Å². The second kappa shape index (κ2) is 6.07. The first-order chi connectivity index (χ1) is 9.51. The highest BCUT2D eigenvalue weighted by Gasteiger charge is 2.10. The molecule has 4 nitrogen and oxygen atoms in total. The van der Waals surface area contributed by atoms with Gasteiger partial charge in [-0.2, -0.15) is 5.26 Å². The molecule has 0 unspecified atom stereocenters. The number of anilines is 2. The lowest BCUT2D eigenvalue weighted by Gasteiger charge is -2.10. The van der Waals surface area contributed by atoms with Crippen LogP contribution in [0.25, 0.3) is 0 Å². The fraction of sp³-hybridized carbons (Fsp3) is 0. The van der Waals surface area contributed by atoms with Gasteiger partial charge < -0.3 is 10.4 Å². The van der Waals surface area contributed by atoms with Gasteiger partial charge in [-0.1, -0.05) is 15.9 Å². The molecule has 6 heteroatoms. The van der Waals surface area contributed by atoms with Crippen molar-refractivity contribution in [1.82, 2.24) is 0 Å². The summed E-state index contributed by atoms with van der Waals surface area (Å²) in [6, 6.07) is 12.2. The molecule has 2 aromatic rings. The number of carboxylic acids is 1. The maximum atomic E-state index is 11.1. The van der Waals surface area contributed by atoms with Crippen molar-refractivity contribution in [3.05, 3.63) is 56.5 Å². The summed E-state index contributed by atoms with van der Waals surface area (Å²) in [6.45, 7) is 0. The molecule has 2 N–H and O–H groups in total. The zero-order valence-corrected chi connectivity index (χ0v) is 13.2. The smallest absolute Gasteiger partial charge is 0.336 e. The molecule has 0 aliphatic rings. The molecule has 0 bridgehead atoms. The number of carboxylic acid groups (broad SMARTS) is 1. The maximum absolute atomic E-state index is 11.1. The zero-order chi connectivity index (χ0) is 14.7. The molecule has 0 spiro atoms. The molecule has 0 aromatic heterocycles. The molecule has 0 saturated carbocycles. The van der Waals surface area contributed by atoms with Crippen LogP contribution in [0.1, 0.15) is 15.9 Å². The van der Waals surface area contributed by atoms with Crippen molar-refractivity contribution in [2.45, 2.75) is 0 Å². The molecule has 0 aliphatic carbocycles. The maximum Gasteiger partial charge on any atom is 0.336 e. The topological polar surface area (TPSA) is 73.1 Å². The average molecular weight is 396 g/mol. The molecule has 2 aromatic carbocycles. The molecule has 0 fully saturated rings. The van der Waals surface area contributed by atoms with E-state index in [1.807, 2.05) is 0 Å². The Morgan fingerprint density at radius 1 is 1.20 bits per heavy atom. The lowest BCUT2D eigenvalue weighted by Crippen LogP contribution is -2.00. The number of benzene rings is 2. The van der Waals surface area contributed by atoms with Crippen LogP contribution in [0.5, 0.6) is 0 Å². The Kier molecular flexibility index (Phi) is 4.42. The van der Waals surface area contributed by atoms with Crippen LogP contribution in [0, 0.1) is 11.3 Å². The SMILES string of the molecule is N#Cc1cc(Br)ccc1Nc1ccc(Br)c(C(=O)O)c1. The summed E-state index contributed by atoms with van der Waals surface area (Å²) >= 11 is 6.49. The quantitative estimate of drug-likeness (QED) is 0.800. The minimum Gasteiger partial charge on any atom is -0.478 e. The van der Waals surface area contributed by atoms with Gasteiger partial charge in [-0.15, -0.1) is 0 Å². The molecule has 0 heterocycles. The minimum absolute atomic E-state index is 0.158. The van der Waals surface area contributed by atoms with Crippen LogP contribution in [-0.2, 0) is 0 Å². The molecule has 0 amide bonds. The largest absolute Gasteiger partial charge is 0.478 e. The van der Waals surface area contributed by atoms with Gasteiger partial charge in [0.05, 0.1) is 16.8 Å². The summed E-state index contributed by atoms with van der Waals surface area (Å²) in [7, 11) is 0. The summed E-state index contributed by atoms with van der Waals surface area (Å²) in [5, 5.41) is 21.2. The van der Waals surface area contributed by atoms with Gasteiger partial charge in [-0.3, -0.25) is 0 Å². The van der Waals surface area contributed by atoms with E-state index in [9.17, 15) is 4.79 Å². The number of nitrogens with one attached hydrogen (secondary N) is 1. The van der Waals surface area contributed by atoms with E-state index in [4.69, 9.17) is 10.4 Å². The summed E-state index contributed by atoms with van der Waals surface area (Å²) in [5.74, 6) is -1.02. The van der Waals surface area contributed by atoms with Gasteiger partial charge in [0.2, 0.25) is 0 Å². The first kappa shape index (κ1) is 14.6. The van der Waals surface area contributed by atoms with E-state index in [1.54, 1.807) is 30.3 Å². The Labute approximate surface area is 132 Å². The zero-order valence-electron chi connectivity index (χ0n) is 10.0. The molecule has 0 radical (unpaired) electrons. The molecule has 0 atom stereocenters. The fourth-order valence-corrected chi connectivity index (χ4v) is 2.42. The van der Waals surface area contributed by atoms with E-state index in [1.165, 1.54) is 6.07 Å². The van der Waals surface area contributed by atoms with Gasteiger partial charge in [-0.05, 0) is 52.3 Å². The van der Waals surface area contributed by atoms with Gasteiger partial charge in [0, 0.05) is 14.6 Å². The van der Waals surface area contributed by atoms with Crippen molar-refractivity contribution in [3.63, 3.8) is 0 Å². The number of halogens is 2. The summed E-state index contributed by atoms with van der Waals surface area (Å²) < 4.78 is 1.31. The minimum atomic E-state index is -1.02. The van der Waals surface area contributed by atoms with Crippen LogP contribution in [0.15, 0.2) is 45.3 Å². The number of carbonyl (C=O) groups is 1. The van der Waals surface area contributed by atoms with Crippen LogP contribution in [0.3, 0.4) is 0 Å². The van der Waals surface area contributed by atoms with Gasteiger partial charge in [0.15, 0.2) is 0 Å². The van der Waals surface area contributed by atoms with Crippen LogP contribution in [0.2, 0.25) is 0 Å². The number of aromatic carboxylic acids is 1. The van der Waals surface area contributed by atoms with Gasteiger partial charge in [0.1, 0.15) is 6.07 Å². The predicted molar refractivity (Wildman–Crippen MR) is 83.2 cm³/mol. The van der Waals surface area contributed by atoms with E-state index in [0.29, 0.717) is 21.4 Å². The van der Waals surface area contributed by atoms with Crippen molar-refractivity contribution < 1.29 is 9.90 Å². The molecule has 0 saturated heterocycles. The lowest BCUT2D eigenvalue weighted by atomic mass is 10.1. The van der Waals surface area contributed by atoms with Crippen LogP contribution < -0.4 is 5.32 Å². The van der Waals surface area contributed by atoms with Gasteiger partial charge >= 0.3 is 5.97 Å². The Morgan fingerprint density at radius 2 is 1.95 bits per heavy atom. The summed E-state index contributed by atoms with van der Waals surface area (Å²) in [5.41, 5.74) is 1.85. The third-order valence-corrected chi connectivity index (χ3v) is 3.76. The molecular weight excluding hydrogens is 388 g/mol. The van der Waals surface area contributed by atoms with Crippen LogP contribution in [-0.4, -0.2) is 11.1 Å². The van der Waals surface area contributed by atoms with E-state index < -0.39 is 5.97 Å². The normalized spacial score (nSPS) is 9.85. The standard InChI is InChI=1S/C14H8Br2N2O2/c15-9-1-4-13(8(5-9)7-17)18-10-2-3-12(16)11(6-10)14(19)20/h1-6,18H,(H,19,20). The Bertz CT molecular complexity index is 724. The fourth-order valence-electron chi connectivity index (χ4n) is 1.64. The number of rotatable bonds is 3. The van der Waals surface area contributed by atoms with Crippen molar-refractivity contribution in [1.29, 1.82) is 5.26 Å². The number of hydrogen-bond donors (Lipinski definition) is 2. The van der Waals surface area contributed by atoms with Crippen molar-refractivity contribution >= 4 is 49.2 Å². The van der Waals surface area contributed by atoms with Crippen molar-refractivity contribution in [3.8, 4) is 6.07 Å². The van der Waals surface area contributed by atoms with Crippen molar-refractivity contribution in [2.24, 2.45) is 0 Å². The van der Waals surface area contributed by atoms with Gasteiger partial charge in [0.25, 0.3) is 0 Å². The molecular formula is C14H8Br2N2O2. The van der Waals surface area contributed by atoms with Gasteiger partial charge in [-0.25, -0.2) is 4.79 Å². The number of hydrogen-bond acceptors (Lipinski definition) is 3. The predicted octanol–water partition coefficient (Wildman–Crippen LogP) is 4.53. The van der Waals surface area contributed by atoms with E-state index in [2.05, 4.69) is 43.2 Å². The van der Waals surface area contributed by atoms with E-state index in [-0.39, 0.29) is 5.56 Å². The molecule has 0 aliphatic heterocycles. The van der Waals surface area contributed by atoms with E-state index in [0.717, 1.165) is 4.47 Å².